The smallest absolute Gasteiger partial charge is 0.366 e. The molecule has 2 saturated heterocycles. The Labute approximate surface area is 312 Å². The molecule has 2 fully saturated rings. The van der Waals surface area contributed by atoms with Crippen molar-refractivity contribution in [1.29, 1.82) is 0 Å². The number of carbonyl (C=O) groups excluding carboxylic acids is 4. The summed E-state index contributed by atoms with van der Waals surface area (Å²) in [5.41, 5.74) is 11.1. The minimum atomic E-state index is -2.23. The second-order valence-corrected chi connectivity index (χ2v) is 12.3. The van der Waals surface area contributed by atoms with Crippen molar-refractivity contribution in [2.75, 3.05) is 26.9 Å². The number of rotatable bonds is 18. The number of carbonyl (C=O) groups is 4. The molecule has 9 atom stereocenters. The SMILES string of the molecule is C=CCO[C@]1(C(=O)OC)C[C@@H](OC(C)=O)[C@@H](OC(C)=O)[C@@H]([C@@H](CO[C@@H]2OC[C@H](N=[N+]=[N-])[C@H](OCc3ccccc3)[C@H]2OCc2ccccc2)OC(C)=O)O1. The molecule has 292 valence electrons. The predicted molar refractivity (Wildman–Crippen MR) is 186 cm³/mol. The molecule has 0 saturated carbocycles. The molecule has 0 N–H and O–H groups in total. The van der Waals surface area contributed by atoms with E-state index in [1.54, 1.807) is 0 Å². The number of methoxy groups -OCH3 is 1. The third-order valence-corrected chi connectivity index (χ3v) is 8.32. The number of esters is 4. The normalized spacial score (nSPS) is 27.0. The maximum atomic E-state index is 13.3. The monoisotopic (exact) mass is 755 g/mol. The van der Waals surface area contributed by atoms with Gasteiger partial charge in [0.05, 0.1) is 58.7 Å². The Bertz CT molecular complexity index is 1610. The van der Waals surface area contributed by atoms with Crippen LogP contribution in [0.4, 0.5) is 0 Å². The van der Waals surface area contributed by atoms with Crippen LogP contribution in [0.1, 0.15) is 38.3 Å². The summed E-state index contributed by atoms with van der Waals surface area (Å²) in [5, 5.41) is 3.91. The molecule has 54 heavy (non-hydrogen) atoms. The third-order valence-electron chi connectivity index (χ3n) is 8.32. The minimum Gasteiger partial charge on any atom is -0.465 e. The fourth-order valence-electron chi connectivity index (χ4n) is 6.08. The van der Waals surface area contributed by atoms with Gasteiger partial charge in [0, 0.05) is 25.7 Å². The van der Waals surface area contributed by atoms with Crippen molar-refractivity contribution in [2.45, 2.75) is 95.1 Å². The molecule has 2 aliphatic rings. The molecule has 2 aliphatic heterocycles. The first-order chi connectivity index (χ1) is 26.0. The zero-order chi connectivity index (χ0) is 39.1. The van der Waals surface area contributed by atoms with Gasteiger partial charge in [0.15, 0.2) is 18.5 Å². The van der Waals surface area contributed by atoms with E-state index in [1.165, 1.54) is 6.08 Å². The van der Waals surface area contributed by atoms with E-state index in [9.17, 15) is 24.7 Å². The first-order valence-corrected chi connectivity index (χ1v) is 17.1. The maximum Gasteiger partial charge on any atom is 0.366 e. The molecule has 0 aliphatic carbocycles. The molecule has 2 aromatic rings. The van der Waals surface area contributed by atoms with Crippen LogP contribution in [-0.2, 0) is 79.8 Å². The van der Waals surface area contributed by atoms with Crippen molar-refractivity contribution in [1.82, 2.24) is 0 Å². The van der Waals surface area contributed by atoms with E-state index in [-0.39, 0.29) is 26.4 Å². The third kappa shape index (κ3) is 11.6. The van der Waals surface area contributed by atoms with E-state index in [2.05, 4.69) is 16.6 Å². The van der Waals surface area contributed by atoms with Gasteiger partial charge in [-0.25, -0.2) is 4.79 Å². The summed E-state index contributed by atoms with van der Waals surface area (Å²) in [6, 6.07) is 17.8. The number of azide groups is 1. The lowest BCUT2D eigenvalue weighted by molar-refractivity contribution is -0.330. The number of nitrogens with zero attached hydrogens (tertiary/aromatic N) is 3. The van der Waals surface area contributed by atoms with Crippen LogP contribution in [-0.4, -0.2) is 106 Å². The average Bonchev–Trinajstić information content (AvgIpc) is 3.15. The summed E-state index contributed by atoms with van der Waals surface area (Å²) in [6.07, 6.45) is -8.03. The van der Waals surface area contributed by atoms with Gasteiger partial charge >= 0.3 is 23.9 Å². The molecule has 4 rings (SSSR count). The van der Waals surface area contributed by atoms with Gasteiger partial charge in [0.1, 0.15) is 18.3 Å². The Morgan fingerprint density at radius 1 is 0.907 bits per heavy atom. The van der Waals surface area contributed by atoms with E-state index in [1.807, 2.05) is 60.7 Å². The van der Waals surface area contributed by atoms with Crippen LogP contribution < -0.4 is 0 Å². The molecule has 2 heterocycles. The van der Waals surface area contributed by atoms with E-state index >= 15 is 0 Å². The summed E-state index contributed by atoms with van der Waals surface area (Å²) >= 11 is 0. The summed E-state index contributed by atoms with van der Waals surface area (Å²) in [5.74, 6) is -5.61. The highest BCUT2D eigenvalue weighted by atomic mass is 16.8. The molecule has 17 heteroatoms. The minimum absolute atomic E-state index is 0.0862. The fraction of sp³-hybridized carbons (Fsp3) is 0.514. The zero-order valence-electron chi connectivity index (χ0n) is 30.5. The van der Waals surface area contributed by atoms with E-state index < -0.39 is 91.6 Å². The van der Waals surface area contributed by atoms with Gasteiger partial charge in [-0.1, -0.05) is 71.9 Å². The van der Waals surface area contributed by atoms with E-state index in [0.717, 1.165) is 39.0 Å². The standard InChI is InChI=1S/C37H45N3O14/c1-6-17-50-37(36(44)45-5)18-29(51-23(2)41)32(53-25(4)43)33(54-37)30(52-24(3)42)22-49-35-34(47-20-27-15-11-8-12-16-27)31(28(21-48-35)39-40-38)46-19-26-13-9-7-10-14-26/h6-16,28-35H,1,17-22H2,2-5H3/t28-,29+,30+,31-,32+,33+,34+,35-,37+/m0/s1. The molecule has 2 aromatic carbocycles. The lowest BCUT2D eigenvalue weighted by Crippen LogP contribution is -2.65. The summed E-state index contributed by atoms with van der Waals surface area (Å²) in [6.45, 7) is 6.35. The second kappa shape index (κ2) is 20.5. The van der Waals surface area contributed by atoms with Crippen LogP contribution in [0.3, 0.4) is 0 Å². The number of ether oxygens (including phenoxy) is 10. The molecular formula is C37H45N3O14. The lowest BCUT2D eigenvalue weighted by Gasteiger charge is -2.47. The molecule has 0 bridgehead atoms. The van der Waals surface area contributed by atoms with Crippen molar-refractivity contribution in [3.63, 3.8) is 0 Å². The predicted octanol–water partition coefficient (Wildman–Crippen LogP) is 3.86. The van der Waals surface area contributed by atoms with Crippen LogP contribution in [0.5, 0.6) is 0 Å². The molecule has 0 aromatic heterocycles. The van der Waals surface area contributed by atoms with Crippen molar-refractivity contribution in [3.05, 3.63) is 94.9 Å². The van der Waals surface area contributed by atoms with Gasteiger partial charge in [-0.2, -0.15) is 0 Å². The van der Waals surface area contributed by atoms with Crippen LogP contribution in [0, 0.1) is 0 Å². The first-order valence-electron chi connectivity index (χ1n) is 17.1. The quantitative estimate of drug-likeness (QED) is 0.0529. The zero-order valence-corrected chi connectivity index (χ0v) is 30.5. The van der Waals surface area contributed by atoms with Gasteiger partial charge in [-0.15, -0.1) is 6.58 Å². The Hall–Kier alpha value is -4.87. The molecule has 0 amide bonds. The Balaban J connectivity index is 1.70. The van der Waals surface area contributed by atoms with Crippen molar-refractivity contribution >= 4 is 23.9 Å². The van der Waals surface area contributed by atoms with Crippen molar-refractivity contribution in [3.8, 4) is 0 Å². The molecule has 0 spiro atoms. The highest BCUT2D eigenvalue weighted by molar-refractivity contribution is 5.78. The number of hydrogen-bond donors (Lipinski definition) is 0. The molecular weight excluding hydrogens is 710 g/mol. The molecule has 0 radical (unpaired) electrons. The van der Waals surface area contributed by atoms with Crippen molar-refractivity contribution < 1.29 is 66.5 Å². The summed E-state index contributed by atoms with van der Waals surface area (Å²) < 4.78 is 58.8. The van der Waals surface area contributed by atoms with Gasteiger partial charge in [0.2, 0.25) is 0 Å². The Kier molecular flexibility index (Phi) is 15.9. The summed E-state index contributed by atoms with van der Waals surface area (Å²) in [7, 11) is 1.10. The fourth-order valence-corrected chi connectivity index (χ4v) is 6.08. The largest absolute Gasteiger partial charge is 0.465 e. The molecule has 0 unspecified atom stereocenters. The molecule has 17 nitrogen and oxygen atoms in total. The van der Waals surface area contributed by atoms with Crippen LogP contribution in [0.25, 0.3) is 10.4 Å². The highest BCUT2D eigenvalue weighted by Gasteiger charge is 2.59. The second-order valence-electron chi connectivity index (χ2n) is 12.3. The van der Waals surface area contributed by atoms with E-state index in [4.69, 9.17) is 47.4 Å². The summed E-state index contributed by atoms with van der Waals surface area (Å²) in [4.78, 5) is 53.5. The van der Waals surface area contributed by atoms with Crippen LogP contribution in [0.15, 0.2) is 78.4 Å². The highest BCUT2D eigenvalue weighted by Crippen LogP contribution is 2.38. The Morgan fingerprint density at radius 3 is 2.06 bits per heavy atom. The number of hydrogen-bond acceptors (Lipinski definition) is 15. The van der Waals surface area contributed by atoms with Crippen molar-refractivity contribution in [2.24, 2.45) is 5.11 Å². The topological polar surface area (TPSA) is 209 Å². The van der Waals surface area contributed by atoms with Gasteiger partial charge in [-0.3, -0.25) is 14.4 Å². The van der Waals surface area contributed by atoms with Crippen LogP contribution in [0.2, 0.25) is 0 Å². The number of benzene rings is 2. The van der Waals surface area contributed by atoms with Crippen LogP contribution >= 0.6 is 0 Å². The maximum absolute atomic E-state index is 13.3. The van der Waals surface area contributed by atoms with Gasteiger partial charge in [-0.05, 0) is 16.7 Å². The average molecular weight is 756 g/mol. The Morgan fingerprint density at radius 2 is 1.52 bits per heavy atom. The van der Waals surface area contributed by atoms with E-state index in [0.29, 0.717) is 0 Å². The van der Waals surface area contributed by atoms with Gasteiger partial charge in [0.25, 0.3) is 5.79 Å². The van der Waals surface area contributed by atoms with Gasteiger partial charge < -0.3 is 47.4 Å². The lowest BCUT2D eigenvalue weighted by atomic mass is 9.91. The first kappa shape index (κ1) is 41.9.